The number of fused-ring (bicyclic) bond motifs is 2. The Bertz CT molecular complexity index is 879. The molecule has 0 saturated carbocycles. The Morgan fingerprint density at radius 3 is 2.00 bits per heavy atom. The van der Waals surface area contributed by atoms with Gasteiger partial charge in [0, 0.05) is 38.3 Å². The summed E-state index contributed by atoms with van der Waals surface area (Å²) in [7, 11) is -7.66. The van der Waals surface area contributed by atoms with Crippen molar-refractivity contribution in [1.29, 1.82) is 0 Å². The van der Waals surface area contributed by atoms with E-state index >= 15 is 0 Å². The number of rotatable bonds is 4. The van der Waals surface area contributed by atoms with Crippen LogP contribution in [0.3, 0.4) is 0 Å². The van der Waals surface area contributed by atoms with Gasteiger partial charge in [-0.2, -0.15) is 8.61 Å². The van der Waals surface area contributed by atoms with Crippen molar-refractivity contribution in [2.45, 2.75) is 54.0 Å². The van der Waals surface area contributed by atoms with Crippen LogP contribution in [-0.2, 0) is 20.0 Å². The summed E-state index contributed by atoms with van der Waals surface area (Å²) in [6.45, 7) is 1.73. The van der Waals surface area contributed by atoms with Crippen LogP contribution in [0.25, 0.3) is 0 Å². The molecule has 3 aliphatic heterocycles. The van der Waals surface area contributed by atoms with Crippen molar-refractivity contribution in [2.24, 2.45) is 0 Å². The Hall–Kier alpha value is -1.00. The van der Waals surface area contributed by atoms with Crippen LogP contribution in [-0.4, -0.2) is 63.7 Å². The predicted molar refractivity (Wildman–Crippen MR) is 97.8 cm³/mol. The average molecular weight is 400 g/mol. The minimum atomic E-state index is -3.86. The van der Waals surface area contributed by atoms with Gasteiger partial charge in [0.25, 0.3) is 0 Å². The minimum absolute atomic E-state index is 0.0929. The zero-order valence-corrected chi connectivity index (χ0v) is 16.3. The topological polar surface area (TPSA) is 86.8 Å². The van der Waals surface area contributed by atoms with Gasteiger partial charge in [-0.15, -0.1) is 0 Å². The molecule has 0 aliphatic carbocycles. The summed E-state index contributed by atoms with van der Waals surface area (Å²) >= 11 is 0. The molecule has 3 aliphatic rings. The highest BCUT2D eigenvalue weighted by Crippen LogP contribution is 2.30. The maximum atomic E-state index is 13.3. The molecule has 9 heteroatoms. The van der Waals surface area contributed by atoms with Crippen molar-refractivity contribution in [1.82, 2.24) is 13.9 Å². The molecule has 2 unspecified atom stereocenters. The van der Waals surface area contributed by atoms with Crippen LogP contribution in [0, 0.1) is 0 Å². The van der Waals surface area contributed by atoms with E-state index in [9.17, 15) is 16.8 Å². The van der Waals surface area contributed by atoms with Crippen LogP contribution >= 0.6 is 0 Å². The second-order valence-corrected chi connectivity index (χ2v) is 11.2. The molecule has 1 aromatic carbocycles. The van der Waals surface area contributed by atoms with E-state index in [-0.39, 0.29) is 15.8 Å². The molecule has 4 rings (SSSR count). The highest BCUT2D eigenvalue weighted by atomic mass is 32.2. The van der Waals surface area contributed by atoms with Crippen molar-refractivity contribution in [3.63, 3.8) is 0 Å². The summed E-state index contributed by atoms with van der Waals surface area (Å²) in [6.07, 6.45) is 4.43. The molecule has 0 amide bonds. The number of sulfonamides is 2. The molecule has 1 N–H and O–H groups in total. The van der Waals surface area contributed by atoms with Crippen molar-refractivity contribution >= 4 is 20.0 Å². The van der Waals surface area contributed by atoms with E-state index in [2.05, 4.69) is 5.32 Å². The van der Waals surface area contributed by atoms with Crippen LogP contribution in [0.4, 0.5) is 0 Å². The first-order valence-electron chi connectivity index (χ1n) is 9.24. The second-order valence-electron chi connectivity index (χ2n) is 7.35. The first-order chi connectivity index (χ1) is 12.4. The maximum Gasteiger partial charge on any atom is 0.244 e. The lowest BCUT2D eigenvalue weighted by Gasteiger charge is -2.25. The van der Waals surface area contributed by atoms with Gasteiger partial charge < -0.3 is 5.32 Å². The summed E-state index contributed by atoms with van der Waals surface area (Å²) in [6, 6.07) is 6.55. The molecule has 2 bridgehead atoms. The van der Waals surface area contributed by atoms with E-state index in [0.717, 1.165) is 32.1 Å². The minimum Gasteiger partial charge on any atom is -0.310 e. The Morgan fingerprint density at radius 1 is 0.769 bits per heavy atom. The smallest absolute Gasteiger partial charge is 0.244 e. The monoisotopic (exact) mass is 399 g/mol. The molecule has 0 aromatic heterocycles. The van der Waals surface area contributed by atoms with E-state index in [4.69, 9.17) is 0 Å². The third kappa shape index (κ3) is 3.20. The highest BCUT2D eigenvalue weighted by Gasteiger charge is 2.38. The van der Waals surface area contributed by atoms with Gasteiger partial charge in [-0.05, 0) is 44.2 Å². The predicted octanol–water partition coefficient (Wildman–Crippen LogP) is 0.986. The number of hydrogen-bond acceptors (Lipinski definition) is 5. The number of hydrogen-bond donors (Lipinski definition) is 1. The number of benzene rings is 1. The van der Waals surface area contributed by atoms with Crippen LogP contribution in [0.2, 0.25) is 0 Å². The Balaban J connectivity index is 1.71. The zero-order valence-electron chi connectivity index (χ0n) is 14.7. The van der Waals surface area contributed by atoms with Gasteiger partial charge in [-0.1, -0.05) is 12.1 Å². The maximum absolute atomic E-state index is 13.3. The summed E-state index contributed by atoms with van der Waals surface area (Å²) in [5, 5.41) is 3.46. The van der Waals surface area contributed by atoms with Crippen molar-refractivity contribution in [3.05, 3.63) is 24.3 Å². The normalized spacial score (nSPS) is 28.3. The SMILES string of the molecule is O=S(=O)(c1ccccc1S(=O)(=O)N1CCC2CCC(C1)N2)N1CCCC1. The number of nitrogens with one attached hydrogen (secondary N) is 1. The van der Waals surface area contributed by atoms with E-state index < -0.39 is 20.0 Å². The van der Waals surface area contributed by atoms with E-state index in [1.165, 1.54) is 20.7 Å². The summed E-state index contributed by atoms with van der Waals surface area (Å²) in [4.78, 5) is -0.186. The van der Waals surface area contributed by atoms with Gasteiger partial charge in [0.05, 0.1) is 0 Å². The van der Waals surface area contributed by atoms with E-state index in [1.807, 2.05) is 0 Å². The molecule has 26 heavy (non-hydrogen) atoms. The zero-order chi connectivity index (χ0) is 18.4. The fraction of sp³-hybridized carbons (Fsp3) is 0.647. The van der Waals surface area contributed by atoms with Gasteiger partial charge in [0.15, 0.2) is 0 Å². The molecule has 0 spiro atoms. The largest absolute Gasteiger partial charge is 0.310 e. The van der Waals surface area contributed by atoms with Gasteiger partial charge in [-0.3, -0.25) is 0 Å². The standard InChI is InChI=1S/C17H25N3O4S2/c21-25(22,19-10-3-4-11-19)16-5-1-2-6-17(16)26(23,24)20-12-9-14-7-8-15(13-20)18-14/h1-2,5-6,14-15,18H,3-4,7-13H2. The van der Waals surface area contributed by atoms with Crippen LogP contribution in [0.5, 0.6) is 0 Å². The second kappa shape index (κ2) is 6.87. The third-order valence-electron chi connectivity index (χ3n) is 5.64. The van der Waals surface area contributed by atoms with Crippen LogP contribution in [0.1, 0.15) is 32.1 Å². The molecule has 2 atom stereocenters. The first-order valence-corrected chi connectivity index (χ1v) is 12.1. The quantitative estimate of drug-likeness (QED) is 0.816. The van der Waals surface area contributed by atoms with E-state index in [0.29, 0.717) is 32.2 Å². The van der Waals surface area contributed by atoms with Gasteiger partial charge in [-0.25, -0.2) is 16.8 Å². The fourth-order valence-corrected chi connectivity index (χ4v) is 8.01. The fourth-order valence-electron chi connectivity index (χ4n) is 4.21. The summed E-state index contributed by atoms with van der Waals surface area (Å²) in [5.41, 5.74) is 0. The Morgan fingerprint density at radius 2 is 1.35 bits per heavy atom. The molecule has 1 aromatic rings. The molecule has 3 heterocycles. The molecular formula is C17H25N3O4S2. The highest BCUT2D eigenvalue weighted by molar-refractivity contribution is 7.92. The van der Waals surface area contributed by atoms with Crippen molar-refractivity contribution < 1.29 is 16.8 Å². The molecule has 0 radical (unpaired) electrons. The van der Waals surface area contributed by atoms with Gasteiger partial charge in [0.1, 0.15) is 9.79 Å². The Labute approximate surface area is 155 Å². The lowest BCUT2D eigenvalue weighted by molar-refractivity contribution is 0.382. The molecule has 3 saturated heterocycles. The third-order valence-corrected chi connectivity index (χ3v) is 9.65. The molecular weight excluding hydrogens is 374 g/mol. The molecule has 3 fully saturated rings. The molecule has 144 valence electrons. The summed E-state index contributed by atoms with van der Waals surface area (Å²) < 4.78 is 55.5. The van der Waals surface area contributed by atoms with Crippen molar-refractivity contribution in [2.75, 3.05) is 26.2 Å². The van der Waals surface area contributed by atoms with Crippen molar-refractivity contribution in [3.8, 4) is 0 Å². The van der Waals surface area contributed by atoms with Crippen LogP contribution < -0.4 is 5.32 Å². The lowest BCUT2D eigenvalue weighted by atomic mass is 10.1. The Kier molecular flexibility index (Phi) is 4.85. The first kappa shape index (κ1) is 18.4. The van der Waals surface area contributed by atoms with Gasteiger partial charge in [0.2, 0.25) is 20.0 Å². The number of nitrogens with zero attached hydrogens (tertiary/aromatic N) is 2. The average Bonchev–Trinajstić information content (AvgIpc) is 3.25. The van der Waals surface area contributed by atoms with E-state index in [1.54, 1.807) is 12.1 Å². The van der Waals surface area contributed by atoms with Crippen LogP contribution in [0.15, 0.2) is 34.1 Å². The summed E-state index contributed by atoms with van der Waals surface area (Å²) in [5.74, 6) is 0. The van der Waals surface area contributed by atoms with Gasteiger partial charge >= 0.3 is 0 Å². The lowest BCUT2D eigenvalue weighted by Crippen LogP contribution is -2.40. The molecule has 7 nitrogen and oxygen atoms in total.